The number of hydrogen-bond donors (Lipinski definition) is 1. The number of halogens is 3. The molecule has 0 aliphatic rings. The highest BCUT2D eigenvalue weighted by atomic mass is 35.5. The van der Waals surface area contributed by atoms with Gasteiger partial charge in [-0.1, -0.05) is 43.1 Å². The molecular weight excluding hydrogens is 277 g/mol. The van der Waals surface area contributed by atoms with E-state index in [9.17, 15) is 0 Å². The summed E-state index contributed by atoms with van der Waals surface area (Å²) in [6.45, 7) is 5.00. The normalized spacial score (nSPS) is 11.8. The molecule has 0 radical (unpaired) electrons. The largest absolute Gasteiger partial charge is 0.306 e. The monoisotopic (exact) mass is 293 g/mol. The molecule has 0 heterocycles. The summed E-state index contributed by atoms with van der Waals surface area (Å²) >= 11 is 18.0. The molecule has 1 nitrogen and oxygen atoms in total. The van der Waals surface area contributed by atoms with Crippen LogP contribution in [0.25, 0.3) is 0 Å². The van der Waals surface area contributed by atoms with Crippen LogP contribution in [-0.2, 0) is 6.54 Å². The Hall–Kier alpha value is 0.0500. The zero-order valence-electron chi connectivity index (χ0n) is 10.2. The van der Waals surface area contributed by atoms with Crippen LogP contribution in [0.2, 0.25) is 10.0 Å². The second kappa shape index (κ2) is 6.84. The average molecular weight is 295 g/mol. The van der Waals surface area contributed by atoms with Crippen molar-refractivity contribution in [2.45, 2.75) is 38.8 Å². The fourth-order valence-electron chi connectivity index (χ4n) is 1.68. The van der Waals surface area contributed by atoms with Crippen LogP contribution in [0.3, 0.4) is 0 Å². The maximum atomic E-state index is 6.13. The number of alkyl halides is 1. The molecule has 0 aliphatic carbocycles. The number of nitrogens with one attached hydrogen (secondary N) is 1. The Morgan fingerprint density at radius 2 is 1.82 bits per heavy atom. The van der Waals surface area contributed by atoms with Crippen molar-refractivity contribution < 1.29 is 0 Å². The number of rotatable bonds is 6. The third kappa shape index (κ3) is 4.03. The smallest absolute Gasteiger partial charge is 0.0465 e. The summed E-state index contributed by atoms with van der Waals surface area (Å²) in [5.41, 5.74) is 1.04. The minimum atomic E-state index is -0.00940. The van der Waals surface area contributed by atoms with E-state index in [1.807, 2.05) is 12.1 Å². The molecule has 0 amide bonds. The minimum absolute atomic E-state index is 0.00940. The zero-order valence-corrected chi connectivity index (χ0v) is 12.5. The second-order valence-electron chi connectivity index (χ2n) is 4.21. The van der Waals surface area contributed by atoms with Gasteiger partial charge >= 0.3 is 0 Å². The van der Waals surface area contributed by atoms with Crippen LogP contribution in [-0.4, -0.2) is 11.4 Å². The van der Waals surface area contributed by atoms with Gasteiger partial charge in [-0.15, -0.1) is 11.6 Å². The summed E-state index contributed by atoms with van der Waals surface area (Å²) in [6.07, 6.45) is 2.00. The van der Waals surface area contributed by atoms with Gasteiger partial charge in [0.05, 0.1) is 0 Å². The van der Waals surface area contributed by atoms with E-state index in [2.05, 4.69) is 19.2 Å². The molecule has 1 aromatic rings. The van der Waals surface area contributed by atoms with Crippen LogP contribution in [0, 0.1) is 0 Å². The molecule has 0 bridgehead atoms. The lowest BCUT2D eigenvalue weighted by Crippen LogP contribution is -2.45. The Balaban J connectivity index is 2.72. The highest BCUT2D eigenvalue weighted by molar-refractivity contribution is 6.35. The molecule has 1 rings (SSSR count). The molecule has 0 spiro atoms. The van der Waals surface area contributed by atoms with E-state index < -0.39 is 0 Å². The third-order valence-corrected chi connectivity index (χ3v) is 4.38. The molecule has 0 fully saturated rings. The van der Waals surface area contributed by atoms with Crippen LogP contribution in [0.4, 0.5) is 0 Å². The highest BCUT2D eigenvalue weighted by Crippen LogP contribution is 2.23. The first-order valence-corrected chi connectivity index (χ1v) is 7.11. The molecular formula is C13H18Cl3N. The topological polar surface area (TPSA) is 12.0 Å². The summed E-state index contributed by atoms with van der Waals surface area (Å²) in [5.74, 6) is 0.602. The van der Waals surface area contributed by atoms with Gasteiger partial charge in [0.2, 0.25) is 0 Å². The van der Waals surface area contributed by atoms with Crippen LogP contribution in [0.15, 0.2) is 18.2 Å². The molecule has 96 valence electrons. The van der Waals surface area contributed by atoms with Crippen molar-refractivity contribution in [2.75, 3.05) is 5.88 Å². The molecule has 0 aromatic heterocycles. The summed E-state index contributed by atoms with van der Waals surface area (Å²) in [4.78, 5) is 0. The molecule has 1 N–H and O–H groups in total. The fourth-order valence-corrected chi connectivity index (χ4v) is 2.63. The van der Waals surface area contributed by atoms with Crippen molar-refractivity contribution in [3.63, 3.8) is 0 Å². The molecule has 0 saturated heterocycles. The van der Waals surface area contributed by atoms with Gasteiger partial charge in [-0.05, 0) is 30.5 Å². The van der Waals surface area contributed by atoms with E-state index in [4.69, 9.17) is 34.8 Å². The summed E-state index contributed by atoms with van der Waals surface area (Å²) in [7, 11) is 0. The van der Waals surface area contributed by atoms with Gasteiger partial charge in [0.15, 0.2) is 0 Å². The summed E-state index contributed by atoms with van der Waals surface area (Å²) < 4.78 is 0. The van der Waals surface area contributed by atoms with Crippen LogP contribution in [0.1, 0.15) is 32.3 Å². The predicted octanol–water partition coefficient (Wildman–Crippen LogP) is 4.88. The second-order valence-corrected chi connectivity index (χ2v) is 5.32. The van der Waals surface area contributed by atoms with Gasteiger partial charge in [-0.25, -0.2) is 0 Å². The van der Waals surface area contributed by atoms with Crippen molar-refractivity contribution >= 4 is 34.8 Å². The van der Waals surface area contributed by atoms with Gasteiger partial charge in [0, 0.05) is 28.0 Å². The SMILES string of the molecule is CCC(CC)(CCl)NCc1ccc(Cl)cc1Cl. The maximum absolute atomic E-state index is 6.13. The van der Waals surface area contributed by atoms with Gasteiger partial charge in [0.1, 0.15) is 0 Å². The average Bonchev–Trinajstić information content (AvgIpc) is 2.33. The quantitative estimate of drug-likeness (QED) is 0.737. The lowest BCUT2D eigenvalue weighted by atomic mass is 9.95. The Morgan fingerprint density at radius 3 is 2.29 bits per heavy atom. The standard InChI is InChI=1S/C13H18Cl3N/c1-3-13(4-2,9-14)17-8-10-5-6-11(15)7-12(10)16/h5-7,17H,3-4,8-9H2,1-2H3. The first-order valence-electron chi connectivity index (χ1n) is 5.82. The van der Waals surface area contributed by atoms with Crippen LogP contribution >= 0.6 is 34.8 Å². The van der Waals surface area contributed by atoms with Gasteiger partial charge in [0.25, 0.3) is 0 Å². The van der Waals surface area contributed by atoms with Gasteiger partial charge in [-0.3, -0.25) is 0 Å². The van der Waals surface area contributed by atoms with Crippen molar-refractivity contribution in [2.24, 2.45) is 0 Å². The lowest BCUT2D eigenvalue weighted by molar-refractivity contribution is 0.334. The molecule has 0 atom stereocenters. The number of hydrogen-bond acceptors (Lipinski definition) is 1. The fraction of sp³-hybridized carbons (Fsp3) is 0.538. The molecule has 17 heavy (non-hydrogen) atoms. The van der Waals surface area contributed by atoms with Crippen molar-refractivity contribution in [3.8, 4) is 0 Å². The number of benzene rings is 1. The molecule has 0 aliphatic heterocycles. The van der Waals surface area contributed by atoms with Gasteiger partial charge < -0.3 is 5.32 Å². The van der Waals surface area contributed by atoms with E-state index in [1.54, 1.807) is 6.07 Å². The lowest BCUT2D eigenvalue weighted by Gasteiger charge is -2.31. The van der Waals surface area contributed by atoms with E-state index in [-0.39, 0.29) is 5.54 Å². The van der Waals surface area contributed by atoms with Crippen molar-refractivity contribution in [1.29, 1.82) is 0 Å². The minimum Gasteiger partial charge on any atom is -0.306 e. The molecule has 0 unspecified atom stereocenters. The van der Waals surface area contributed by atoms with Crippen LogP contribution < -0.4 is 5.32 Å². The first kappa shape index (κ1) is 15.1. The first-order chi connectivity index (χ1) is 8.06. The maximum Gasteiger partial charge on any atom is 0.0465 e. The van der Waals surface area contributed by atoms with Crippen molar-refractivity contribution in [1.82, 2.24) is 5.32 Å². The predicted molar refractivity (Wildman–Crippen MR) is 77.3 cm³/mol. The highest BCUT2D eigenvalue weighted by Gasteiger charge is 2.24. The zero-order chi connectivity index (χ0) is 12.9. The Bertz CT molecular complexity index is 353. The Labute approximate surface area is 118 Å². The summed E-state index contributed by atoms with van der Waals surface area (Å²) in [5, 5.41) is 4.85. The van der Waals surface area contributed by atoms with Gasteiger partial charge in [-0.2, -0.15) is 0 Å². The third-order valence-electron chi connectivity index (χ3n) is 3.28. The van der Waals surface area contributed by atoms with E-state index in [0.29, 0.717) is 22.5 Å². The van der Waals surface area contributed by atoms with E-state index >= 15 is 0 Å². The molecule has 4 heteroatoms. The van der Waals surface area contributed by atoms with E-state index in [1.165, 1.54) is 0 Å². The molecule has 0 saturated carbocycles. The molecule has 1 aromatic carbocycles. The van der Waals surface area contributed by atoms with E-state index in [0.717, 1.165) is 18.4 Å². The Morgan fingerprint density at radius 1 is 1.18 bits per heavy atom. The van der Waals surface area contributed by atoms with Crippen LogP contribution in [0.5, 0.6) is 0 Å². The Kier molecular flexibility index (Phi) is 6.08. The summed E-state index contributed by atoms with van der Waals surface area (Å²) in [6, 6.07) is 5.56. The van der Waals surface area contributed by atoms with Crippen molar-refractivity contribution in [3.05, 3.63) is 33.8 Å².